The van der Waals surface area contributed by atoms with Gasteiger partial charge in [0.25, 0.3) is 0 Å². The van der Waals surface area contributed by atoms with Crippen molar-refractivity contribution in [3.05, 3.63) is 11.6 Å². The Hall–Kier alpha value is -0.440. The third kappa shape index (κ3) is 2.77. The van der Waals surface area contributed by atoms with Crippen LogP contribution in [0.5, 0.6) is 0 Å². The van der Waals surface area contributed by atoms with Crippen molar-refractivity contribution in [2.75, 3.05) is 13.2 Å². The summed E-state index contributed by atoms with van der Waals surface area (Å²) in [4.78, 5) is 11.6. The van der Waals surface area contributed by atoms with Crippen LogP contribution >= 0.6 is 7.60 Å². The molecule has 86 valence electrons. The number of hydrogen-bond acceptors (Lipinski definition) is 4. The van der Waals surface area contributed by atoms with Crippen LogP contribution in [0.25, 0.3) is 0 Å². The molecule has 0 bridgehead atoms. The van der Waals surface area contributed by atoms with E-state index < -0.39 is 13.3 Å². The van der Waals surface area contributed by atoms with Gasteiger partial charge in [0, 0.05) is 0 Å². The fourth-order valence-electron chi connectivity index (χ4n) is 1.65. The van der Waals surface area contributed by atoms with Gasteiger partial charge in [0.05, 0.1) is 13.2 Å². The molecule has 5 heteroatoms. The Bertz CT molecular complexity index is 311. The van der Waals surface area contributed by atoms with Crippen LogP contribution in [0, 0.1) is 0 Å². The molecule has 0 saturated carbocycles. The van der Waals surface area contributed by atoms with Gasteiger partial charge in [0.15, 0.2) is 5.78 Å². The molecule has 0 saturated heterocycles. The van der Waals surface area contributed by atoms with Gasteiger partial charge in [-0.15, -0.1) is 0 Å². The Labute approximate surface area is 90.2 Å². The van der Waals surface area contributed by atoms with E-state index in [1.54, 1.807) is 13.8 Å². The van der Waals surface area contributed by atoms with E-state index in [0.29, 0.717) is 19.6 Å². The predicted octanol–water partition coefficient (Wildman–Crippen LogP) is 2.54. The molecule has 0 heterocycles. The molecule has 0 aromatic rings. The summed E-state index contributed by atoms with van der Waals surface area (Å²) in [5, 5.41) is 0. The van der Waals surface area contributed by atoms with Crippen LogP contribution in [-0.2, 0) is 18.4 Å². The lowest BCUT2D eigenvalue weighted by Gasteiger charge is -2.21. The summed E-state index contributed by atoms with van der Waals surface area (Å²) in [7, 11) is -3.26. The van der Waals surface area contributed by atoms with Crippen molar-refractivity contribution < 1.29 is 18.4 Å². The zero-order chi connectivity index (χ0) is 11.5. The highest BCUT2D eigenvalue weighted by Crippen LogP contribution is 2.56. The third-order valence-electron chi connectivity index (χ3n) is 2.23. The maximum atomic E-state index is 12.3. The lowest BCUT2D eigenvalue weighted by Crippen LogP contribution is -2.18. The molecule has 0 aromatic carbocycles. The van der Waals surface area contributed by atoms with Gasteiger partial charge in [0.2, 0.25) is 0 Å². The van der Waals surface area contributed by atoms with Gasteiger partial charge in [-0.3, -0.25) is 9.36 Å². The van der Waals surface area contributed by atoms with Crippen LogP contribution in [0.3, 0.4) is 0 Å². The van der Waals surface area contributed by atoms with E-state index in [4.69, 9.17) is 9.05 Å². The van der Waals surface area contributed by atoms with Crippen molar-refractivity contribution in [3.8, 4) is 0 Å². The normalized spacial score (nSPS) is 21.9. The van der Waals surface area contributed by atoms with Crippen LogP contribution in [0.1, 0.15) is 27.2 Å². The Kier molecular flexibility index (Phi) is 4.26. The predicted molar refractivity (Wildman–Crippen MR) is 58.0 cm³/mol. The molecule has 0 aromatic heterocycles. The van der Waals surface area contributed by atoms with Crippen LogP contribution in [0.2, 0.25) is 0 Å². The van der Waals surface area contributed by atoms with Crippen molar-refractivity contribution >= 4 is 13.4 Å². The quantitative estimate of drug-likeness (QED) is 0.683. The zero-order valence-electron chi connectivity index (χ0n) is 9.36. The number of hydrogen-bond donors (Lipinski definition) is 0. The molecule has 1 aliphatic carbocycles. The largest absolute Gasteiger partial charge is 0.341 e. The second kappa shape index (κ2) is 5.06. The van der Waals surface area contributed by atoms with Crippen molar-refractivity contribution in [1.29, 1.82) is 0 Å². The van der Waals surface area contributed by atoms with Gasteiger partial charge in [-0.25, -0.2) is 0 Å². The lowest BCUT2D eigenvalue weighted by atomic mass is 10.3. The molecule has 1 unspecified atom stereocenters. The average Bonchev–Trinajstić information content (AvgIpc) is 2.46. The van der Waals surface area contributed by atoms with Crippen LogP contribution in [0.4, 0.5) is 0 Å². The minimum Gasteiger partial charge on any atom is -0.308 e. The van der Waals surface area contributed by atoms with E-state index in [1.807, 2.05) is 6.92 Å². The number of rotatable bonds is 5. The first-order valence-electron chi connectivity index (χ1n) is 5.13. The monoisotopic (exact) mass is 232 g/mol. The number of carbonyl (C=O) groups excluding carboxylic acids is 1. The van der Waals surface area contributed by atoms with Gasteiger partial charge < -0.3 is 9.05 Å². The SMILES string of the molecule is CCOP(=O)(OCC)C1CC(C)=CC1=O. The summed E-state index contributed by atoms with van der Waals surface area (Å²) in [6.45, 7) is 5.91. The van der Waals surface area contributed by atoms with E-state index in [-0.39, 0.29) is 5.78 Å². The molecule has 1 atom stereocenters. The smallest absolute Gasteiger partial charge is 0.308 e. The number of carbonyl (C=O) groups is 1. The average molecular weight is 232 g/mol. The molecule has 0 N–H and O–H groups in total. The highest BCUT2D eigenvalue weighted by atomic mass is 31.2. The van der Waals surface area contributed by atoms with Crippen LogP contribution in [-0.4, -0.2) is 24.7 Å². The molecule has 0 amide bonds. The van der Waals surface area contributed by atoms with Crippen molar-refractivity contribution in [2.24, 2.45) is 0 Å². The summed E-state index contributed by atoms with van der Waals surface area (Å²) >= 11 is 0. The van der Waals surface area contributed by atoms with Crippen molar-refractivity contribution in [1.82, 2.24) is 0 Å². The van der Waals surface area contributed by atoms with Gasteiger partial charge in [-0.05, 0) is 33.3 Å². The van der Waals surface area contributed by atoms with Crippen LogP contribution < -0.4 is 0 Å². The second-order valence-corrected chi connectivity index (χ2v) is 5.71. The van der Waals surface area contributed by atoms with E-state index in [1.165, 1.54) is 6.08 Å². The van der Waals surface area contributed by atoms with Gasteiger partial charge in [-0.2, -0.15) is 0 Å². The van der Waals surface area contributed by atoms with Gasteiger partial charge in [0.1, 0.15) is 5.66 Å². The van der Waals surface area contributed by atoms with E-state index in [2.05, 4.69) is 0 Å². The summed E-state index contributed by atoms with van der Waals surface area (Å²) in [6, 6.07) is 0. The second-order valence-electron chi connectivity index (χ2n) is 3.49. The highest BCUT2D eigenvalue weighted by molar-refractivity contribution is 7.55. The first-order valence-corrected chi connectivity index (χ1v) is 6.74. The molecule has 0 aliphatic heterocycles. The van der Waals surface area contributed by atoms with Gasteiger partial charge in [-0.1, -0.05) is 5.57 Å². The van der Waals surface area contributed by atoms with E-state index in [9.17, 15) is 9.36 Å². The minimum atomic E-state index is -3.26. The summed E-state index contributed by atoms with van der Waals surface area (Å²) < 4.78 is 22.6. The lowest BCUT2D eigenvalue weighted by molar-refractivity contribution is -0.114. The maximum absolute atomic E-state index is 12.3. The Balaban J connectivity index is 2.83. The highest BCUT2D eigenvalue weighted by Gasteiger charge is 2.42. The summed E-state index contributed by atoms with van der Waals surface area (Å²) in [5.74, 6) is -0.141. The standard InChI is InChI=1S/C10H17O4P/c1-4-13-15(12,14-5-2)10-7-8(3)6-9(10)11/h6,10H,4-5,7H2,1-3H3. The topological polar surface area (TPSA) is 52.6 Å². The van der Waals surface area contributed by atoms with Crippen LogP contribution in [0.15, 0.2) is 11.6 Å². The number of allylic oxidation sites excluding steroid dienone is 2. The fraction of sp³-hybridized carbons (Fsp3) is 0.700. The van der Waals surface area contributed by atoms with Crippen molar-refractivity contribution in [3.63, 3.8) is 0 Å². The first-order chi connectivity index (χ1) is 7.03. The molecule has 0 radical (unpaired) electrons. The molecule has 0 spiro atoms. The first kappa shape index (κ1) is 12.6. The van der Waals surface area contributed by atoms with Gasteiger partial charge >= 0.3 is 7.60 Å². The zero-order valence-corrected chi connectivity index (χ0v) is 10.3. The minimum absolute atomic E-state index is 0.141. The van der Waals surface area contributed by atoms with Crippen molar-refractivity contribution in [2.45, 2.75) is 32.9 Å². The molecule has 0 fully saturated rings. The summed E-state index contributed by atoms with van der Waals surface area (Å²) in [5.41, 5.74) is 0.307. The molecule has 15 heavy (non-hydrogen) atoms. The third-order valence-corrected chi connectivity index (χ3v) is 4.67. The fourth-order valence-corrected chi connectivity index (χ4v) is 3.70. The Morgan fingerprint density at radius 2 is 1.93 bits per heavy atom. The molecule has 1 rings (SSSR count). The molecule has 4 nitrogen and oxygen atoms in total. The maximum Gasteiger partial charge on any atom is 0.341 e. The molecular weight excluding hydrogens is 215 g/mol. The number of ketones is 1. The van der Waals surface area contributed by atoms with E-state index in [0.717, 1.165) is 5.57 Å². The van der Waals surface area contributed by atoms with E-state index >= 15 is 0 Å². The Morgan fingerprint density at radius 1 is 1.40 bits per heavy atom. The molecule has 1 aliphatic rings. The summed E-state index contributed by atoms with van der Waals surface area (Å²) in [6.07, 6.45) is 2.01. The Morgan fingerprint density at radius 3 is 2.27 bits per heavy atom. The molecular formula is C10H17O4P.